The van der Waals surface area contributed by atoms with Crippen LogP contribution in [0.1, 0.15) is 15.9 Å². The number of hydrogen-bond donors (Lipinski definition) is 2. The van der Waals surface area contributed by atoms with Crippen LogP contribution in [-0.2, 0) is 0 Å². The Hall–Kier alpha value is -4.19. The highest BCUT2D eigenvalue weighted by Crippen LogP contribution is 2.38. The molecule has 4 rings (SSSR count). The number of nitrogens with one attached hydrogen (secondary N) is 2. The van der Waals surface area contributed by atoms with Crippen LogP contribution in [0.4, 0.5) is 0 Å². The molecule has 1 aromatic heterocycles. The zero-order valence-electron chi connectivity index (χ0n) is 17.2. The van der Waals surface area contributed by atoms with Crippen LogP contribution >= 0.6 is 0 Å². The van der Waals surface area contributed by atoms with Crippen LogP contribution in [0.2, 0.25) is 0 Å². The summed E-state index contributed by atoms with van der Waals surface area (Å²) in [5.41, 5.74) is 3.39. The number of para-hydroxylation sites is 2. The topological polar surface area (TPSA) is 84.1 Å². The second kappa shape index (κ2) is 8.67. The van der Waals surface area contributed by atoms with E-state index in [0.29, 0.717) is 33.9 Å². The molecular formula is C25H21N3O3. The van der Waals surface area contributed by atoms with Crippen molar-refractivity contribution in [3.8, 4) is 33.9 Å². The van der Waals surface area contributed by atoms with Crippen LogP contribution in [0.5, 0.6) is 11.5 Å². The molecule has 6 nitrogen and oxygen atoms in total. The minimum Gasteiger partial charge on any atom is -0.457 e. The number of hydrogen-bond acceptors (Lipinski definition) is 4. The van der Waals surface area contributed by atoms with Gasteiger partial charge in [0.2, 0.25) is 0 Å². The molecule has 0 atom stereocenters. The summed E-state index contributed by atoms with van der Waals surface area (Å²) in [6, 6.07) is 24.1. The Labute approximate surface area is 179 Å². The van der Waals surface area contributed by atoms with Crippen LogP contribution in [0.25, 0.3) is 22.4 Å². The predicted molar refractivity (Wildman–Crippen MR) is 120 cm³/mol. The van der Waals surface area contributed by atoms with Gasteiger partial charge >= 0.3 is 0 Å². The number of carbonyl (C=O) groups excluding carboxylic acids is 1. The van der Waals surface area contributed by atoms with E-state index in [9.17, 15) is 9.59 Å². The van der Waals surface area contributed by atoms with E-state index in [1.54, 1.807) is 32.2 Å². The summed E-state index contributed by atoms with van der Waals surface area (Å²) in [4.78, 5) is 24.6. The van der Waals surface area contributed by atoms with Gasteiger partial charge in [0.05, 0.1) is 0 Å². The van der Waals surface area contributed by atoms with Crippen molar-refractivity contribution >= 4 is 5.91 Å². The van der Waals surface area contributed by atoms with Gasteiger partial charge in [0.1, 0.15) is 17.2 Å². The third-order valence-corrected chi connectivity index (χ3v) is 4.98. The van der Waals surface area contributed by atoms with Gasteiger partial charge in [0.15, 0.2) is 0 Å². The summed E-state index contributed by atoms with van der Waals surface area (Å²) in [5.74, 6) is 1.10. The fourth-order valence-electron chi connectivity index (χ4n) is 3.41. The largest absolute Gasteiger partial charge is 0.457 e. The summed E-state index contributed by atoms with van der Waals surface area (Å²) >= 11 is 0. The third-order valence-electron chi connectivity index (χ3n) is 4.98. The molecule has 0 unspecified atom stereocenters. The predicted octanol–water partition coefficient (Wildman–Crippen LogP) is 4.56. The maximum absolute atomic E-state index is 12.4. The lowest BCUT2D eigenvalue weighted by atomic mass is 9.94. The second-order valence-electron chi connectivity index (χ2n) is 6.97. The van der Waals surface area contributed by atoms with E-state index >= 15 is 0 Å². The first-order valence-electron chi connectivity index (χ1n) is 9.82. The summed E-state index contributed by atoms with van der Waals surface area (Å²) in [7, 11) is 1.58. The quantitative estimate of drug-likeness (QED) is 0.504. The molecule has 1 amide bonds. The molecule has 0 bridgehead atoms. The van der Waals surface area contributed by atoms with Gasteiger partial charge in [-0.1, -0.05) is 42.5 Å². The first-order chi connectivity index (χ1) is 15.1. The summed E-state index contributed by atoms with van der Waals surface area (Å²) < 4.78 is 6.11. The van der Waals surface area contributed by atoms with Crippen LogP contribution in [0.15, 0.2) is 83.7 Å². The number of carbonyl (C=O) groups is 1. The van der Waals surface area contributed by atoms with E-state index in [-0.39, 0.29) is 11.5 Å². The Morgan fingerprint density at radius 1 is 0.968 bits per heavy atom. The minimum absolute atomic E-state index is 0.202. The molecule has 0 saturated carbocycles. The first kappa shape index (κ1) is 20.1. The lowest BCUT2D eigenvalue weighted by Crippen LogP contribution is -2.18. The van der Waals surface area contributed by atoms with Gasteiger partial charge in [-0.05, 0) is 48.9 Å². The van der Waals surface area contributed by atoms with Gasteiger partial charge in [0.25, 0.3) is 11.5 Å². The Bertz CT molecular complexity index is 1300. The van der Waals surface area contributed by atoms with Gasteiger partial charge in [-0.25, -0.2) is 5.10 Å². The number of amides is 1. The van der Waals surface area contributed by atoms with Crippen molar-refractivity contribution in [2.45, 2.75) is 6.92 Å². The fourth-order valence-corrected chi connectivity index (χ4v) is 3.41. The molecule has 0 aliphatic heterocycles. The molecule has 0 aliphatic carbocycles. The molecule has 0 spiro atoms. The number of benzene rings is 3. The Morgan fingerprint density at radius 3 is 2.48 bits per heavy atom. The van der Waals surface area contributed by atoms with Gasteiger partial charge in [-0.2, -0.15) is 5.10 Å². The number of rotatable bonds is 5. The number of nitrogens with zero attached hydrogens (tertiary/aromatic N) is 1. The van der Waals surface area contributed by atoms with Crippen molar-refractivity contribution in [1.29, 1.82) is 0 Å². The highest BCUT2D eigenvalue weighted by atomic mass is 16.5. The van der Waals surface area contributed by atoms with Crippen LogP contribution < -0.4 is 15.6 Å². The molecule has 0 fully saturated rings. The standard InChI is InChI=1S/C25H21N3O3/c1-16-22(17-9-8-10-18(15-17)25(30)26-2)23(27-28-24(16)29)20-13-6-7-14-21(20)31-19-11-4-3-5-12-19/h3-15H,1-2H3,(H,26,30)(H,28,29). The molecule has 31 heavy (non-hydrogen) atoms. The van der Waals surface area contributed by atoms with E-state index < -0.39 is 0 Å². The molecule has 0 radical (unpaired) electrons. The monoisotopic (exact) mass is 411 g/mol. The highest BCUT2D eigenvalue weighted by Gasteiger charge is 2.19. The number of aromatic nitrogens is 2. The number of ether oxygens (including phenoxy) is 1. The van der Waals surface area contributed by atoms with Crippen molar-refractivity contribution in [2.75, 3.05) is 7.05 Å². The van der Waals surface area contributed by atoms with E-state index in [0.717, 1.165) is 11.1 Å². The molecule has 0 aliphatic rings. The molecular weight excluding hydrogens is 390 g/mol. The van der Waals surface area contributed by atoms with Gasteiger partial charge in [-0.15, -0.1) is 0 Å². The SMILES string of the molecule is CNC(=O)c1cccc(-c2c(-c3ccccc3Oc3ccccc3)n[nH]c(=O)c2C)c1. The molecule has 2 N–H and O–H groups in total. The summed E-state index contributed by atoms with van der Waals surface area (Å²) in [6.07, 6.45) is 0. The molecule has 0 saturated heterocycles. The maximum atomic E-state index is 12.4. The van der Waals surface area contributed by atoms with Crippen LogP contribution in [-0.4, -0.2) is 23.2 Å². The first-order valence-corrected chi connectivity index (χ1v) is 9.82. The van der Waals surface area contributed by atoms with Crippen molar-refractivity contribution < 1.29 is 9.53 Å². The smallest absolute Gasteiger partial charge is 0.267 e. The number of aromatic amines is 1. The normalized spacial score (nSPS) is 10.5. The zero-order chi connectivity index (χ0) is 21.8. The van der Waals surface area contributed by atoms with E-state index in [1.165, 1.54) is 0 Å². The number of H-pyrrole nitrogens is 1. The molecule has 6 heteroatoms. The average Bonchev–Trinajstić information content (AvgIpc) is 2.81. The average molecular weight is 411 g/mol. The van der Waals surface area contributed by atoms with E-state index in [1.807, 2.05) is 60.7 Å². The maximum Gasteiger partial charge on any atom is 0.267 e. The lowest BCUT2D eigenvalue weighted by Gasteiger charge is -2.15. The Morgan fingerprint density at radius 2 is 1.71 bits per heavy atom. The second-order valence-corrected chi connectivity index (χ2v) is 6.97. The molecule has 1 heterocycles. The van der Waals surface area contributed by atoms with Gasteiger partial charge in [0, 0.05) is 29.3 Å². The minimum atomic E-state index is -0.287. The molecule has 3 aromatic carbocycles. The van der Waals surface area contributed by atoms with Crippen LogP contribution in [0, 0.1) is 6.92 Å². The van der Waals surface area contributed by atoms with Gasteiger partial charge in [-0.3, -0.25) is 9.59 Å². The highest BCUT2D eigenvalue weighted by molar-refractivity contribution is 5.96. The van der Waals surface area contributed by atoms with Crippen molar-refractivity contribution in [1.82, 2.24) is 15.5 Å². The zero-order valence-corrected chi connectivity index (χ0v) is 17.2. The van der Waals surface area contributed by atoms with Crippen molar-refractivity contribution in [3.63, 3.8) is 0 Å². The van der Waals surface area contributed by atoms with Crippen molar-refractivity contribution in [2.24, 2.45) is 0 Å². The molecule has 154 valence electrons. The van der Waals surface area contributed by atoms with Crippen molar-refractivity contribution in [3.05, 3.63) is 100 Å². The van der Waals surface area contributed by atoms with Crippen LogP contribution in [0.3, 0.4) is 0 Å². The molecule has 4 aromatic rings. The lowest BCUT2D eigenvalue weighted by molar-refractivity contribution is 0.0963. The summed E-state index contributed by atoms with van der Waals surface area (Å²) in [5, 5.41) is 9.57. The van der Waals surface area contributed by atoms with E-state index in [2.05, 4.69) is 15.5 Å². The summed E-state index contributed by atoms with van der Waals surface area (Å²) in [6.45, 7) is 1.74. The Kier molecular flexibility index (Phi) is 5.62. The van der Waals surface area contributed by atoms with E-state index in [4.69, 9.17) is 4.74 Å². The van der Waals surface area contributed by atoms with Gasteiger partial charge < -0.3 is 10.1 Å². The Balaban J connectivity index is 1.90. The fraction of sp³-hybridized carbons (Fsp3) is 0.0800. The third kappa shape index (κ3) is 4.09.